The zero-order valence-corrected chi connectivity index (χ0v) is 11.2. The van der Waals surface area contributed by atoms with Crippen LogP contribution < -0.4 is 10.7 Å². The highest BCUT2D eigenvalue weighted by molar-refractivity contribution is 7.10. The highest BCUT2D eigenvalue weighted by Gasteiger charge is 2.41. The second-order valence-corrected chi connectivity index (χ2v) is 6.30. The van der Waals surface area contributed by atoms with Gasteiger partial charge < -0.3 is 4.98 Å². The Morgan fingerprint density at radius 2 is 2.28 bits per heavy atom. The van der Waals surface area contributed by atoms with E-state index >= 15 is 0 Å². The molecule has 0 radical (unpaired) electrons. The van der Waals surface area contributed by atoms with Crippen molar-refractivity contribution < 1.29 is 0 Å². The molecule has 1 aliphatic heterocycles. The van der Waals surface area contributed by atoms with E-state index in [-0.39, 0.29) is 0 Å². The Labute approximate surface area is 109 Å². The number of H-pyrrole nitrogens is 1. The van der Waals surface area contributed by atoms with E-state index in [9.17, 15) is 0 Å². The quantitative estimate of drug-likeness (QED) is 0.878. The molecule has 0 spiro atoms. The van der Waals surface area contributed by atoms with E-state index in [0.29, 0.717) is 5.41 Å². The van der Waals surface area contributed by atoms with Gasteiger partial charge >= 0.3 is 0 Å². The van der Waals surface area contributed by atoms with Crippen LogP contribution in [0.25, 0.3) is 17.3 Å². The second-order valence-electron chi connectivity index (χ2n) is 5.44. The van der Waals surface area contributed by atoms with Crippen LogP contribution in [-0.4, -0.2) is 16.5 Å². The van der Waals surface area contributed by atoms with Gasteiger partial charge in [-0.2, -0.15) is 0 Å². The molecule has 0 bridgehead atoms. The Morgan fingerprint density at radius 1 is 1.39 bits per heavy atom. The van der Waals surface area contributed by atoms with Crippen LogP contribution in [0.4, 0.5) is 0 Å². The predicted molar refractivity (Wildman–Crippen MR) is 73.2 cm³/mol. The molecule has 2 aliphatic rings. The lowest BCUT2D eigenvalue weighted by Crippen LogP contribution is -2.27. The summed E-state index contributed by atoms with van der Waals surface area (Å²) in [5, 5.41) is 4.71. The molecule has 0 aromatic carbocycles. The summed E-state index contributed by atoms with van der Waals surface area (Å²) in [5.41, 5.74) is 3.70. The van der Waals surface area contributed by atoms with Crippen molar-refractivity contribution in [3.05, 3.63) is 27.3 Å². The molecule has 4 rings (SSSR count). The Hall–Kier alpha value is -1.42. The smallest absolute Gasteiger partial charge is 0.132 e. The van der Waals surface area contributed by atoms with Crippen LogP contribution in [0.3, 0.4) is 0 Å². The zero-order chi connectivity index (χ0) is 12.2. The second kappa shape index (κ2) is 3.54. The molecule has 3 nitrogen and oxygen atoms in total. The zero-order valence-electron chi connectivity index (χ0n) is 10.4. The van der Waals surface area contributed by atoms with Gasteiger partial charge in [0.05, 0.1) is 10.7 Å². The first-order chi connectivity index (χ1) is 8.76. The molecule has 4 heteroatoms. The number of fused-ring (bicyclic) bond motifs is 1. The Kier molecular flexibility index (Phi) is 2.07. The first-order valence-electron chi connectivity index (χ1n) is 6.45. The van der Waals surface area contributed by atoms with E-state index in [1.165, 1.54) is 28.6 Å². The molecule has 1 saturated carbocycles. The SMILES string of the molecule is CC1(c2nc(-c3c[nH]c4c3=CCCN=4)cs2)CC1. The molecule has 1 fully saturated rings. The molecule has 0 atom stereocenters. The Bertz CT molecular complexity index is 719. The molecule has 92 valence electrons. The van der Waals surface area contributed by atoms with Crippen molar-refractivity contribution in [2.75, 3.05) is 6.54 Å². The third-order valence-corrected chi connectivity index (χ3v) is 5.09. The summed E-state index contributed by atoms with van der Waals surface area (Å²) >= 11 is 1.80. The van der Waals surface area contributed by atoms with Crippen LogP contribution in [0.1, 0.15) is 31.2 Å². The van der Waals surface area contributed by atoms with Crippen molar-refractivity contribution in [3.8, 4) is 11.3 Å². The number of rotatable bonds is 2. The third-order valence-electron chi connectivity index (χ3n) is 3.94. The molecule has 0 saturated heterocycles. The molecular formula is C14H15N3S. The van der Waals surface area contributed by atoms with Gasteiger partial charge in [-0.05, 0) is 19.3 Å². The molecule has 3 heterocycles. The van der Waals surface area contributed by atoms with E-state index in [2.05, 4.69) is 28.4 Å². The van der Waals surface area contributed by atoms with Crippen LogP contribution in [0.2, 0.25) is 0 Å². The summed E-state index contributed by atoms with van der Waals surface area (Å²) < 4.78 is 0. The summed E-state index contributed by atoms with van der Waals surface area (Å²) in [6, 6.07) is 0. The average Bonchev–Trinajstić information content (AvgIpc) is 2.86. The van der Waals surface area contributed by atoms with E-state index < -0.39 is 0 Å². The van der Waals surface area contributed by atoms with Crippen LogP contribution in [0, 0.1) is 0 Å². The third kappa shape index (κ3) is 1.48. The van der Waals surface area contributed by atoms with Gasteiger partial charge in [-0.25, -0.2) is 4.98 Å². The van der Waals surface area contributed by atoms with Gasteiger partial charge in [-0.1, -0.05) is 13.0 Å². The summed E-state index contributed by atoms with van der Waals surface area (Å²) in [6.45, 7) is 3.21. The molecule has 2 aromatic rings. The fraction of sp³-hybridized carbons (Fsp3) is 0.429. The van der Waals surface area contributed by atoms with Crippen LogP contribution >= 0.6 is 11.3 Å². The van der Waals surface area contributed by atoms with Gasteiger partial charge in [0.25, 0.3) is 0 Å². The molecule has 18 heavy (non-hydrogen) atoms. The first kappa shape index (κ1) is 10.5. The molecule has 2 aromatic heterocycles. The van der Waals surface area contributed by atoms with Crippen molar-refractivity contribution in [2.45, 2.75) is 31.6 Å². The predicted octanol–water partition coefficient (Wildman–Crippen LogP) is 1.99. The van der Waals surface area contributed by atoms with E-state index in [4.69, 9.17) is 4.98 Å². The van der Waals surface area contributed by atoms with Gasteiger partial charge in [0, 0.05) is 34.3 Å². The number of hydrogen-bond acceptors (Lipinski definition) is 3. The maximum Gasteiger partial charge on any atom is 0.132 e. The molecule has 1 N–H and O–H groups in total. The van der Waals surface area contributed by atoms with Crippen molar-refractivity contribution in [1.82, 2.24) is 9.97 Å². The lowest BCUT2D eigenvalue weighted by Gasteiger charge is -2.01. The minimum absolute atomic E-state index is 0.368. The van der Waals surface area contributed by atoms with Crippen LogP contribution in [0.5, 0.6) is 0 Å². The minimum atomic E-state index is 0.368. The summed E-state index contributed by atoms with van der Waals surface area (Å²) in [6.07, 6.45) is 7.92. The normalized spacial score (nSPS) is 19.8. The Balaban J connectivity index is 1.84. The number of hydrogen-bond donors (Lipinski definition) is 1. The lowest BCUT2D eigenvalue weighted by molar-refractivity contribution is 0.777. The molecule has 0 amide bonds. The van der Waals surface area contributed by atoms with Gasteiger partial charge in [0.15, 0.2) is 0 Å². The standard InChI is InChI=1S/C14H15N3S/c1-14(4-5-14)13-17-11(8-18-13)10-7-16-12-9(10)3-2-6-15-12/h3,7-8H,2,4-6H2,1H3,(H,15,16). The summed E-state index contributed by atoms with van der Waals surface area (Å²) in [5.74, 6) is 0. The number of thiazole rings is 1. The van der Waals surface area contributed by atoms with Gasteiger partial charge in [-0.3, -0.25) is 4.99 Å². The lowest BCUT2D eigenvalue weighted by atomic mass is 10.1. The maximum atomic E-state index is 4.83. The fourth-order valence-corrected chi connectivity index (χ4v) is 3.48. The number of aromatic nitrogens is 2. The van der Waals surface area contributed by atoms with Crippen molar-refractivity contribution in [2.24, 2.45) is 4.99 Å². The van der Waals surface area contributed by atoms with Crippen molar-refractivity contribution in [3.63, 3.8) is 0 Å². The highest BCUT2D eigenvalue weighted by atomic mass is 32.1. The topological polar surface area (TPSA) is 41.0 Å². The average molecular weight is 257 g/mol. The summed E-state index contributed by atoms with van der Waals surface area (Å²) in [4.78, 5) is 12.6. The van der Waals surface area contributed by atoms with Crippen molar-refractivity contribution >= 4 is 17.4 Å². The molecule has 0 unspecified atom stereocenters. The number of aromatic amines is 1. The van der Waals surface area contributed by atoms with Gasteiger partial charge in [-0.15, -0.1) is 11.3 Å². The van der Waals surface area contributed by atoms with E-state index in [0.717, 1.165) is 24.1 Å². The monoisotopic (exact) mass is 257 g/mol. The number of nitrogens with zero attached hydrogens (tertiary/aromatic N) is 2. The van der Waals surface area contributed by atoms with Gasteiger partial charge in [0.1, 0.15) is 5.49 Å². The fourth-order valence-electron chi connectivity index (χ4n) is 2.43. The van der Waals surface area contributed by atoms with Crippen LogP contribution in [0.15, 0.2) is 16.6 Å². The largest absolute Gasteiger partial charge is 0.346 e. The maximum absolute atomic E-state index is 4.83. The van der Waals surface area contributed by atoms with E-state index in [1.807, 2.05) is 6.20 Å². The van der Waals surface area contributed by atoms with Gasteiger partial charge in [0.2, 0.25) is 0 Å². The molecular weight excluding hydrogens is 242 g/mol. The first-order valence-corrected chi connectivity index (χ1v) is 7.33. The highest BCUT2D eigenvalue weighted by Crippen LogP contribution is 2.49. The van der Waals surface area contributed by atoms with E-state index in [1.54, 1.807) is 11.3 Å². The van der Waals surface area contributed by atoms with Crippen molar-refractivity contribution in [1.29, 1.82) is 0 Å². The summed E-state index contributed by atoms with van der Waals surface area (Å²) in [7, 11) is 0. The van der Waals surface area contributed by atoms with Crippen LogP contribution in [-0.2, 0) is 5.41 Å². The molecule has 1 aliphatic carbocycles. The Morgan fingerprint density at radius 3 is 3.11 bits per heavy atom. The number of nitrogens with one attached hydrogen (secondary N) is 1. The minimum Gasteiger partial charge on any atom is -0.346 e.